The third kappa shape index (κ3) is 3.35. The van der Waals surface area contributed by atoms with Crippen molar-refractivity contribution in [2.75, 3.05) is 17.7 Å². The molecule has 1 amide bonds. The van der Waals surface area contributed by atoms with Crippen LogP contribution in [-0.4, -0.2) is 18.2 Å². The molecule has 0 unspecified atom stereocenters. The third-order valence-electron chi connectivity index (χ3n) is 2.78. The van der Waals surface area contributed by atoms with Gasteiger partial charge in [-0.25, -0.2) is 9.18 Å². The van der Waals surface area contributed by atoms with Crippen molar-refractivity contribution in [3.63, 3.8) is 0 Å². The maximum atomic E-state index is 13.1. The highest BCUT2D eigenvalue weighted by atomic mass is 35.5. The predicted octanol–water partition coefficient (Wildman–Crippen LogP) is 3.97. The van der Waals surface area contributed by atoms with E-state index in [4.69, 9.17) is 27.2 Å². The van der Waals surface area contributed by atoms with Crippen LogP contribution in [-0.2, 0) is 0 Å². The smallest absolute Gasteiger partial charge is 0.411 e. The number of hydrogen-bond donors (Lipinski definition) is 2. The predicted molar refractivity (Wildman–Crippen MR) is 78.8 cm³/mol. The maximum absolute atomic E-state index is 13.1. The first-order chi connectivity index (χ1) is 9.88. The lowest BCUT2D eigenvalue weighted by Crippen LogP contribution is -2.24. The van der Waals surface area contributed by atoms with Crippen molar-refractivity contribution in [2.45, 2.75) is 0 Å². The van der Waals surface area contributed by atoms with Gasteiger partial charge in [0.25, 0.3) is 0 Å². The molecule has 0 saturated carbocycles. The Bertz CT molecular complexity index is 694. The molecule has 0 aliphatic carbocycles. The Kier molecular flexibility index (Phi) is 4.18. The van der Waals surface area contributed by atoms with E-state index in [-0.39, 0.29) is 10.7 Å². The van der Waals surface area contributed by atoms with E-state index in [0.717, 1.165) is 4.90 Å². The van der Waals surface area contributed by atoms with Crippen molar-refractivity contribution in [1.82, 2.24) is 0 Å². The van der Waals surface area contributed by atoms with E-state index in [0.29, 0.717) is 17.2 Å². The van der Waals surface area contributed by atoms with Crippen LogP contribution in [0.2, 0.25) is 5.02 Å². The molecule has 5 nitrogen and oxygen atoms in total. The van der Waals surface area contributed by atoms with Crippen molar-refractivity contribution in [2.24, 2.45) is 0 Å². The number of benzene rings is 2. The number of amides is 1. The molecule has 0 bridgehead atoms. The lowest BCUT2D eigenvalue weighted by molar-refractivity contribution is 0.203. The zero-order valence-corrected chi connectivity index (χ0v) is 11.8. The van der Waals surface area contributed by atoms with Gasteiger partial charge < -0.3 is 15.6 Å². The Hall–Kier alpha value is -2.47. The molecule has 0 atom stereocenters. The van der Waals surface area contributed by atoms with Crippen LogP contribution in [0, 0.1) is 5.82 Å². The molecule has 0 saturated heterocycles. The van der Waals surface area contributed by atoms with Gasteiger partial charge in [-0.2, -0.15) is 0 Å². The van der Waals surface area contributed by atoms with Crippen LogP contribution in [0.1, 0.15) is 0 Å². The van der Waals surface area contributed by atoms with Crippen molar-refractivity contribution in [3.8, 4) is 11.5 Å². The molecular formula is C14H12ClFN2O3. The number of rotatable bonds is 3. The first kappa shape index (κ1) is 14.9. The highest BCUT2D eigenvalue weighted by Gasteiger charge is 2.13. The molecule has 2 aromatic carbocycles. The monoisotopic (exact) mass is 310 g/mol. The summed E-state index contributed by atoms with van der Waals surface area (Å²) in [5, 5.41) is 8.91. The van der Waals surface area contributed by atoms with Crippen LogP contribution in [0.4, 0.5) is 20.6 Å². The van der Waals surface area contributed by atoms with Gasteiger partial charge in [-0.15, -0.1) is 0 Å². The average molecular weight is 311 g/mol. The SMILES string of the molecule is CN(C(=O)O)c1cc(Oc2ccc(F)c(Cl)c2)ccc1N. The molecule has 2 rings (SSSR count). The minimum absolute atomic E-state index is 0.0641. The van der Waals surface area contributed by atoms with Gasteiger partial charge in [0.2, 0.25) is 0 Å². The van der Waals surface area contributed by atoms with Gasteiger partial charge >= 0.3 is 6.09 Å². The molecule has 21 heavy (non-hydrogen) atoms. The topological polar surface area (TPSA) is 75.8 Å². The van der Waals surface area contributed by atoms with E-state index in [2.05, 4.69) is 0 Å². The van der Waals surface area contributed by atoms with Crippen LogP contribution in [0.5, 0.6) is 11.5 Å². The fourth-order valence-electron chi connectivity index (χ4n) is 1.66. The fraction of sp³-hybridized carbons (Fsp3) is 0.0714. The molecule has 0 spiro atoms. The Morgan fingerprint density at radius 3 is 2.52 bits per heavy atom. The molecule has 2 aromatic rings. The quantitative estimate of drug-likeness (QED) is 0.841. The number of nitrogens with two attached hydrogens (primary N) is 1. The number of carboxylic acid groups (broad SMARTS) is 1. The van der Waals surface area contributed by atoms with Gasteiger partial charge in [0.15, 0.2) is 0 Å². The molecule has 0 heterocycles. The molecule has 0 fully saturated rings. The molecule has 0 aliphatic rings. The van der Waals surface area contributed by atoms with Gasteiger partial charge in [0.05, 0.1) is 16.4 Å². The largest absolute Gasteiger partial charge is 0.465 e. The fourth-order valence-corrected chi connectivity index (χ4v) is 1.83. The Morgan fingerprint density at radius 2 is 1.90 bits per heavy atom. The maximum Gasteiger partial charge on any atom is 0.411 e. The van der Waals surface area contributed by atoms with Crippen molar-refractivity contribution < 1.29 is 19.0 Å². The van der Waals surface area contributed by atoms with Crippen LogP contribution >= 0.6 is 11.6 Å². The number of hydrogen-bond acceptors (Lipinski definition) is 3. The summed E-state index contributed by atoms with van der Waals surface area (Å²) in [5.74, 6) is 0.137. The van der Waals surface area contributed by atoms with E-state index in [1.54, 1.807) is 6.07 Å². The lowest BCUT2D eigenvalue weighted by atomic mass is 10.2. The second kappa shape index (κ2) is 5.88. The summed E-state index contributed by atoms with van der Waals surface area (Å²) < 4.78 is 18.6. The van der Waals surface area contributed by atoms with E-state index in [1.807, 2.05) is 0 Å². The Morgan fingerprint density at radius 1 is 1.29 bits per heavy atom. The van der Waals surface area contributed by atoms with E-state index in [9.17, 15) is 9.18 Å². The van der Waals surface area contributed by atoms with Gasteiger partial charge in [-0.1, -0.05) is 11.6 Å². The summed E-state index contributed by atoms with van der Waals surface area (Å²) in [6, 6.07) is 8.49. The number of anilines is 2. The van der Waals surface area contributed by atoms with Gasteiger partial charge in [-0.05, 0) is 24.3 Å². The van der Waals surface area contributed by atoms with Gasteiger partial charge in [-0.3, -0.25) is 4.90 Å². The number of halogens is 2. The van der Waals surface area contributed by atoms with Crippen molar-refractivity contribution >= 4 is 29.1 Å². The average Bonchev–Trinajstić information content (AvgIpc) is 2.44. The van der Waals surface area contributed by atoms with Crippen molar-refractivity contribution in [1.29, 1.82) is 0 Å². The first-order valence-electron chi connectivity index (χ1n) is 5.87. The highest BCUT2D eigenvalue weighted by Crippen LogP contribution is 2.31. The second-order valence-corrected chi connectivity index (χ2v) is 4.65. The summed E-state index contributed by atoms with van der Waals surface area (Å²) in [7, 11) is 1.37. The molecule has 0 aliphatic heterocycles. The molecule has 0 aromatic heterocycles. The van der Waals surface area contributed by atoms with E-state index >= 15 is 0 Å². The standard InChI is InChI=1S/C14H12ClFN2O3/c1-18(14(19)20)13-7-9(3-5-12(13)17)21-8-2-4-11(16)10(15)6-8/h2-7H,17H2,1H3,(H,19,20). The zero-order chi connectivity index (χ0) is 15.6. The van der Waals surface area contributed by atoms with Gasteiger partial charge in [0.1, 0.15) is 17.3 Å². The van der Waals surface area contributed by atoms with Crippen LogP contribution in [0.25, 0.3) is 0 Å². The summed E-state index contributed by atoms with van der Waals surface area (Å²) >= 11 is 5.67. The minimum atomic E-state index is -1.15. The summed E-state index contributed by atoms with van der Waals surface area (Å²) in [6.07, 6.45) is -1.15. The Labute approximate surface area is 125 Å². The second-order valence-electron chi connectivity index (χ2n) is 4.24. The normalized spacial score (nSPS) is 10.2. The van der Waals surface area contributed by atoms with Crippen LogP contribution in [0.15, 0.2) is 36.4 Å². The highest BCUT2D eigenvalue weighted by molar-refractivity contribution is 6.30. The summed E-state index contributed by atoms with van der Waals surface area (Å²) in [4.78, 5) is 11.9. The van der Waals surface area contributed by atoms with Gasteiger partial charge in [0, 0.05) is 19.2 Å². The van der Waals surface area contributed by atoms with Crippen molar-refractivity contribution in [3.05, 3.63) is 47.2 Å². The molecule has 110 valence electrons. The summed E-state index contributed by atoms with van der Waals surface area (Å²) in [6.45, 7) is 0. The molecule has 3 N–H and O–H groups in total. The number of nitrogens with zero attached hydrogens (tertiary/aromatic N) is 1. The van der Waals surface area contributed by atoms with Crippen LogP contribution < -0.4 is 15.4 Å². The molecule has 7 heteroatoms. The molecular weight excluding hydrogens is 299 g/mol. The lowest BCUT2D eigenvalue weighted by Gasteiger charge is -2.17. The number of nitrogen functional groups attached to an aromatic ring is 1. The number of carbonyl (C=O) groups is 1. The Balaban J connectivity index is 2.30. The van der Waals surface area contributed by atoms with Crippen LogP contribution in [0.3, 0.4) is 0 Å². The summed E-state index contributed by atoms with van der Waals surface area (Å²) in [5.41, 5.74) is 6.32. The minimum Gasteiger partial charge on any atom is -0.465 e. The van der Waals surface area contributed by atoms with E-state index < -0.39 is 11.9 Å². The third-order valence-corrected chi connectivity index (χ3v) is 3.07. The first-order valence-corrected chi connectivity index (χ1v) is 6.25. The molecule has 0 radical (unpaired) electrons. The number of ether oxygens (including phenoxy) is 1. The van der Waals surface area contributed by atoms with E-state index in [1.165, 1.54) is 37.4 Å². The zero-order valence-electron chi connectivity index (χ0n) is 11.0.